The Morgan fingerprint density at radius 3 is 2.36 bits per heavy atom. The van der Waals surface area contributed by atoms with Crippen LogP contribution in [0.15, 0.2) is 54.6 Å². The number of aliphatic hydroxyl groups excluding tert-OH is 1. The fourth-order valence-electron chi connectivity index (χ4n) is 4.12. The summed E-state index contributed by atoms with van der Waals surface area (Å²) >= 11 is 5.99. The van der Waals surface area contributed by atoms with E-state index in [0.29, 0.717) is 18.1 Å². The van der Waals surface area contributed by atoms with Crippen molar-refractivity contribution >= 4 is 17.5 Å². The predicted octanol–water partition coefficient (Wildman–Crippen LogP) is 3.61. The summed E-state index contributed by atoms with van der Waals surface area (Å²) in [6.07, 6.45) is 1.79. The lowest BCUT2D eigenvalue weighted by Gasteiger charge is -2.24. The minimum Gasteiger partial charge on any atom is -0.396 e. The molecule has 2 aliphatic rings. The van der Waals surface area contributed by atoms with Crippen LogP contribution in [0.1, 0.15) is 29.9 Å². The van der Waals surface area contributed by atoms with Gasteiger partial charge in [0.15, 0.2) is 0 Å². The van der Waals surface area contributed by atoms with E-state index in [1.165, 1.54) is 5.56 Å². The highest BCUT2D eigenvalue weighted by Gasteiger charge is 2.54. The van der Waals surface area contributed by atoms with Crippen molar-refractivity contribution in [1.29, 1.82) is 0 Å². The van der Waals surface area contributed by atoms with Crippen LogP contribution in [0, 0.1) is 5.92 Å². The zero-order valence-electron chi connectivity index (χ0n) is 14.1. The highest BCUT2D eigenvalue weighted by atomic mass is 35.5. The van der Waals surface area contributed by atoms with Crippen molar-refractivity contribution in [2.75, 3.05) is 19.7 Å². The Bertz CT molecular complexity index is 755. The molecule has 1 saturated carbocycles. The molecule has 4 heteroatoms. The molecule has 1 amide bonds. The Labute approximate surface area is 153 Å². The fraction of sp³-hybridized carbons (Fsp3) is 0.381. The van der Waals surface area contributed by atoms with E-state index in [9.17, 15) is 9.90 Å². The van der Waals surface area contributed by atoms with Gasteiger partial charge in [-0.1, -0.05) is 54.1 Å². The molecule has 1 aliphatic heterocycles. The highest BCUT2D eigenvalue weighted by molar-refractivity contribution is 6.30. The van der Waals surface area contributed by atoms with Gasteiger partial charge < -0.3 is 10.0 Å². The number of nitrogens with zero attached hydrogens (tertiary/aromatic N) is 1. The topological polar surface area (TPSA) is 40.5 Å². The molecular weight excluding hydrogens is 334 g/mol. The Morgan fingerprint density at radius 2 is 1.76 bits per heavy atom. The smallest absolute Gasteiger partial charge is 0.233 e. The van der Waals surface area contributed by atoms with E-state index in [1.54, 1.807) is 0 Å². The molecular formula is C21H22ClNO2. The molecule has 0 aromatic heterocycles. The van der Waals surface area contributed by atoms with Crippen molar-refractivity contribution in [3.05, 3.63) is 70.7 Å². The van der Waals surface area contributed by atoms with Gasteiger partial charge in [-0.2, -0.15) is 0 Å². The van der Waals surface area contributed by atoms with Crippen LogP contribution in [-0.4, -0.2) is 35.6 Å². The maximum atomic E-state index is 13.3. The number of hydrogen-bond donors (Lipinski definition) is 1. The van der Waals surface area contributed by atoms with E-state index in [0.717, 1.165) is 18.4 Å². The largest absolute Gasteiger partial charge is 0.396 e. The van der Waals surface area contributed by atoms with Gasteiger partial charge >= 0.3 is 0 Å². The normalized spacial score (nSPS) is 24.3. The first kappa shape index (κ1) is 16.6. The number of carbonyl (C=O) groups is 1. The number of amides is 1. The maximum Gasteiger partial charge on any atom is 0.233 e. The van der Waals surface area contributed by atoms with Gasteiger partial charge in [-0.05, 0) is 36.1 Å². The van der Waals surface area contributed by atoms with Gasteiger partial charge in [-0.25, -0.2) is 0 Å². The first-order chi connectivity index (χ1) is 12.1. The van der Waals surface area contributed by atoms with Crippen LogP contribution in [0.3, 0.4) is 0 Å². The molecule has 2 aromatic carbocycles. The zero-order valence-corrected chi connectivity index (χ0v) is 14.8. The third kappa shape index (κ3) is 2.96. The Morgan fingerprint density at radius 1 is 1.08 bits per heavy atom. The monoisotopic (exact) mass is 355 g/mol. The van der Waals surface area contributed by atoms with E-state index in [-0.39, 0.29) is 29.8 Å². The Balaban J connectivity index is 1.56. The van der Waals surface area contributed by atoms with E-state index in [1.807, 2.05) is 47.4 Å². The van der Waals surface area contributed by atoms with Crippen LogP contribution < -0.4 is 0 Å². The molecule has 3 nitrogen and oxygen atoms in total. The first-order valence-electron chi connectivity index (χ1n) is 8.85. The summed E-state index contributed by atoms with van der Waals surface area (Å²) in [5, 5.41) is 10.5. The number of halogens is 1. The average molecular weight is 356 g/mol. The van der Waals surface area contributed by atoms with Gasteiger partial charge in [0.25, 0.3) is 0 Å². The molecule has 0 radical (unpaired) electrons. The molecule has 25 heavy (non-hydrogen) atoms. The van der Waals surface area contributed by atoms with Crippen molar-refractivity contribution in [3.63, 3.8) is 0 Å². The van der Waals surface area contributed by atoms with Crippen LogP contribution in [0.25, 0.3) is 0 Å². The third-order valence-electron chi connectivity index (χ3n) is 5.75. The zero-order chi connectivity index (χ0) is 17.4. The number of carbonyl (C=O) groups excluding carboxylic acids is 1. The van der Waals surface area contributed by atoms with Crippen molar-refractivity contribution < 1.29 is 9.90 Å². The second-order valence-corrected chi connectivity index (χ2v) is 7.70. The summed E-state index contributed by atoms with van der Waals surface area (Å²) in [5.74, 6) is 0.509. The van der Waals surface area contributed by atoms with Gasteiger partial charge in [-0.15, -0.1) is 0 Å². The number of rotatable bonds is 4. The van der Waals surface area contributed by atoms with E-state index < -0.39 is 0 Å². The lowest BCUT2D eigenvalue weighted by atomic mass is 9.90. The summed E-state index contributed by atoms with van der Waals surface area (Å²) in [5.41, 5.74) is 1.88. The molecule has 2 atom stereocenters. The maximum absolute atomic E-state index is 13.3. The standard InChI is InChI=1S/C21H22ClNO2/c22-18-8-6-17(7-9-18)21(10-11-21)20(25)23-12-16(14-24)19(13-23)15-4-2-1-3-5-15/h1-9,16,19,24H,10-14H2. The number of benzene rings is 2. The van der Waals surface area contributed by atoms with Crippen molar-refractivity contribution in [1.82, 2.24) is 4.90 Å². The van der Waals surface area contributed by atoms with E-state index in [4.69, 9.17) is 11.6 Å². The molecule has 1 N–H and O–H groups in total. The van der Waals surface area contributed by atoms with Gasteiger partial charge in [0.05, 0.1) is 5.41 Å². The first-order valence-corrected chi connectivity index (χ1v) is 9.23. The van der Waals surface area contributed by atoms with Gasteiger partial charge in [0.1, 0.15) is 0 Å². The molecule has 0 spiro atoms. The van der Waals surface area contributed by atoms with Crippen molar-refractivity contribution in [3.8, 4) is 0 Å². The summed E-state index contributed by atoms with van der Waals surface area (Å²) in [7, 11) is 0. The molecule has 130 valence electrons. The van der Waals surface area contributed by atoms with Gasteiger partial charge in [-0.3, -0.25) is 4.79 Å². The summed E-state index contributed by atoms with van der Waals surface area (Å²) in [6.45, 7) is 1.42. The molecule has 2 unspecified atom stereocenters. The molecule has 4 rings (SSSR count). The SMILES string of the molecule is O=C(N1CC(CO)C(c2ccccc2)C1)C1(c2ccc(Cl)cc2)CC1. The summed E-state index contributed by atoms with van der Waals surface area (Å²) in [4.78, 5) is 15.2. The second-order valence-electron chi connectivity index (χ2n) is 7.26. The predicted molar refractivity (Wildman–Crippen MR) is 98.7 cm³/mol. The molecule has 1 aliphatic carbocycles. The molecule has 1 heterocycles. The van der Waals surface area contributed by atoms with Crippen molar-refractivity contribution in [2.24, 2.45) is 5.92 Å². The lowest BCUT2D eigenvalue weighted by molar-refractivity contribution is -0.133. The van der Waals surface area contributed by atoms with Crippen LogP contribution in [0.5, 0.6) is 0 Å². The summed E-state index contributed by atoms with van der Waals surface area (Å²) < 4.78 is 0. The fourth-order valence-corrected chi connectivity index (χ4v) is 4.25. The van der Waals surface area contributed by atoms with E-state index in [2.05, 4.69) is 12.1 Å². The minimum absolute atomic E-state index is 0.104. The molecule has 1 saturated heterocycles. The van der Waals surface area contributed by atoms with Gasteiger partial charge in [0.2, 0.25) is 5.91 Å². The van der Waals surface area contributed by atoms with Crippen LogP contribution in [0.2, 0.25) is 5.02 Å². The quantitative estimate of drug-likeness (QED) is 0.910. The van der Waals surface area contributed by atoms with Crippen molar-refractivity contribution in [2.45, 2.75) is 24.2 Å². The lowest BCUT2D eigenvalue weighted by Crippen LogP contribution is -2.38. The number of likely N-dealkylation sites (tertiary alicyclic amines) is 1. The number of hydrogen-bond acceptors (Lipinski definition) is 2. The minimum atomic E-state index is -0.379. The Hall–Kier alpha value is -1.84. The number of aliphatic hydroxyl groups is 1. The molecule has 2 aromatic rings. The van der Waals surface area contributed by atoms with Crippen LogP contribution in [-0.2, 0) is 10.2 Å². The summed E-state index contributed by atoms with van der Waals surface area (Å²) in [6, 6.07) is 17.9. The van der Waals surface area contributed by atoms with Crippen LogP contribution in [0.4, 0.5) is 0 Å². The van der Waals surface area contributed by atoms with Crippen LogP contribution >= 0.6 is 11.6 Å². The Kier molecular flexibility index (Phi) is 4.30. The van der Waals surface area contributed by atoms with E-state index >= 15 is 0 Å². The molecule has 2 fully saturated rings. The average Bonchev–Trinajstić information content (AvgIpc) is 3.34. The third-order valence-corrected chi connectivity index (χ3v) is 6.00. The second kappa shape index (κ2) is 6.47. The molecule has 0 bridgehead atoms. The highest BCUT2D eigenvalue weighted by Crippen LogP contribution is 2.51. The van der Waals surface area contributed by atoms with Gasteiger partial charge in [0, 0.05) is 36.6 Å².